The fraction of sp³-hybridized carbons (Fsp3) is 0.444. The number of nitrogens with one attached hydrogen (secondary N) is 2. The summed E-state index contributed by atoms with van der Waals surface area (Å²) >= 11 is 0. The summed E-state index contributed by atoms with van der Waals surface area (Å²) in [4.78, 5) is 47.9. The van der Waals surface area contributed by atoms with Crippen LogP contribution in [0.15, 0.2) is 24.3 Å². The van der Waals surface area contributed by atoms with Gasteiger partial charge in [0.05, 0.1) is 0 Å². The highest BCUT2D eigenvalue weighted by Crippen LogP contribution is 2.32. The Hall–Kier alpha value is -2.90. The molecule has 1 saturated carbocycles. The first kappa shape index (κ1) is 17.9. The van der Waals surface area contributed by atoms with E-state index in [1.54, 1.807) is 24.3 Å². The monoisotopic (exact) mass is 359 g/mol. The Morgan fingerprint density at radius 3 is 2.42 bits per heavy atom. The Balaban J connectivity index is 1.55. The van der Waals surface area contributed by atoms with Gasteiger partial charge >= 0.3 is 6.03 Å². The summed E-state index contributed by atoms with van der Waals surface area (Å²) in [6, 6.07) is 5.74. The van der Waals surface area contributed by atoms with E-state index in [-0.39, 0.29) is 12.4 Å². The molecular formula is C18H21N3O5. The number of hydrogen-bond donors (Lipinski definition) is 2. The molecule has 1 aromatic carbocycles. The van der Waals surface area contributed by atoms with Gasteiger partial charge in [-0.3, -0.25) is 19.8 Å². The Bertz CT molecular complexity index is 738. The van der Waals surface area contributed by atoms with E-state index < -0.39 is 23.4 Å². The largest absolute Gasteiger partial charge is 0.484 e. The third-order valence-corrected chi connectivity index (χ3v) is 4.74. The van der Waals surface area contributed by atoms with Crippen molar-refractivity contribution < 1.29 is 23.9 Å². The van der Waals surface area contributed by atoms with Crippen LogP contribution in [0.2, 0.25) is 0 Å². The van der Waals surface area contributed by atoms with Gasteiger partial charge in [-0.2, -0.15) is 5.01 Å². The highest BCUT2D eigenvalue weighted by Gasteiger charge is 2.52. The molecule has 0 unspecified atom stereocenters. The van der Waals surface area contributed by atoms with Gasteiger partial charge in [-0.15, -0.1) is 0 Å². The lowest BCUT2D eigenvalue weighted by Crippen LogP contribution is -2.51. The maximum atomic E-state index is 12.6. The van der Waals surface area contributed by atoms with Crippen LogP contribution >= 0.6 is 0 Å². The molecule has 1 aliphatic carbocycles. The summed E-state index contributed by atoms with van der Waals surface area (Å²) in [7, 11) is 0. The van der Waals surface area contributed by atoms with E-state index in [9.17, 15) is 19.2 Å². The Labute approximate surface area is 150 Å². The van der Waals surface area contributed by atoms with Crippen molar-refractivity contribution in [1.82, 2.24) is 15.8 Å². The molecule has 0 radical (unpaired) electrons. The molecule has 3 rings (SSSR count). The highest BCUT2D eigenvalue weighted by atomic mass is 16.5. The SMILES string of the molecule is CC(=O)c1ccc(OCC(=O)NN2C(=O)NC3(CCCCC3)C2=O)cc1. The number of carbonyl (C=O) groups is 4. The lowest BCUT2D eigenvalue weighted by atomic mass is 9.82. The minimum Gasteiger partial charge on any atom is -0.484 e. The number of ketones is 1. The molecule has 1 saturated heterocycles. The van der Waals surface area contributed by atoms with Gasteiger partial charge in [0.2, 0.25) is 0 Å². The van der Waals surface area contributed by atoms with E-state index in [1.807, 2.05) is 0 Å². The van der Waals surface area contributed by atoms with Crippen molar-refractivity contribution in [3.8, 4) is 5.75 Å². The normalized spacial score (nSPS) is 18.6. The van der Waals surface area contributed by atoms with E-state index in [0.717, 1.165) is 24.3 Å². The lowest BCUT2D eigenvalue weighted by Gasteiger charge is -2.30. The molecule has 8 heteroatoms. The van der Waals surface area contributed by atoms with Gasteiger partial charge < -0.3 is 10.1 Å². The van der Waals surface area contributed by atoms with Crippen LogP contribution in [0.3, 0.4) is 0 Å². The van der Waals surface area contributed by atoms with Crippen LogP contribution in [-0.4, -0.2) is 40.8 Å². The third-order valence-electron chi connectivity index (χ3n) is 4.74. The van der Waals surface area contributed by atoms with E-state index in [4.69, 9.17) is 4.74 Å². The van der Waals surface area contributed by atoms with Crippen molar-refractivity contribution in [1.29, 1.82) is 0 Å². The molecule has 8 nitrogen and oxygen atoms in total. The van der Waals surface area contributed by atoms with Crippen molar-refractivity contribution in [3.05, 3.63) is 29.8 Å². The molecule has 4 amide bonds. The minimum atomic E-state index is -0.883. The second-order valence-electron chi connectivity index (χ2n) is 6.62. The Kier molecular flexibility index (Phi) is 4.92. The fourth-order valence-corrected chi connectivity index (χ4v) is 3.31. The maximum absolute atomic E-state index is 12.6. The van der Waals surface area contributed by atoms with E-state index in [0.29, 0.717) is 24.2 Å². The first-order valence-electron chi connectivity index (χ1n) is 8.61. The Morgan fingerprint density at radius 2 is 1.81 bits per heavy atom. The molecule has 0 bridgehead atoms. The van der Waals surface area contributed by atoms with Gasteiger partial charge in [-0.05, 0) is 44.0 Å². The molecule has 2 N–H and O–H groups in total. The molecule has 0 atom stereocenters. The second-order valence-corrected chi connectivity index (χ2v) is 6.62. The topological polar surface area (TPSA) is 105 Å². The van der Waals surface area contributed by atoms with Crippen molar-refractivity contribution in [3.63, 3.8) is 0 Å². The molecule has 2 aliphatic rings. The summed E-state index contributed by atoms with van der Waals surface area (Å²) in [5.74, 6) is -0.686. The average molecular weight is 359 g/mol. The second kappa shape index (κ2) is 7.15. The maximum Gasteiger partial charge on any atom is 0.344 e. The molecule has 1 spiro atoms. The van der Waals surface area contributed by atoms with Gasteiger partial charge in [0.1, 0.15) is 11.3 Å². The van der Waals surface area contributed by atoms with Gasteiger partial charge in [0.25, 0.3) is 11.8 Å². The van der Waals surface area contributed by atoms with Crippen molar-refractivity contribution >= 4 is 23.6 Å². The molecule has 1 aromatic rings. The van der Waals surface area contributed by atoms with Crippen molar-refractivity contribution in [2.75, 3.05) is 6.61 Å². The van der Waals surface area contributed by atoms with Gasteiger partial charge in [0.15, 0.2) is 12.4 Å². The zero-order valence-corrected chi connectivity index (χ0v) is 14.5. The smallest absolute Gasteiger partial charge is 0.344 e. The standard InChI is InChI=1S/C18H21N3O5/c1-12(22)13-5-7-14(8-6-13)26-11-15(23)20-21-16(24)18(19-17(21)25)9-3-2-4-10-18/h5-8H,2-4,9-11H2,1H3,(H,19,25)(H,20,23). The van der Waals surface area contributed by atoms with E-state index in [2.05, 4.69) is 10.7 Å². The number of Topliss-reactive ketones (excluding diaryl/α,β-unsaturated/α-hetero) is 1. The first-order valence-corrected chi connectivity index (χ1v) is 8.61. The zero-order chi connectivity index (χ0) is 18.7. The van der Waals surface area contributed by atoms with Crippen LogP contribution in [0.4, 0.5) is 4.79 Å². The van der Waals surface area contributed by atoms with Crippen LogP contribution in [0.5, 0.6) is 5.75 Å². The first-order chi connectivity index (χ1) is 12.4. The number of amides is 4. The number of hydrazine groups is 1. The molecule has 2 fully saturated rings. The quantitative estimate of drug-likeness (QED) is 0.613. The summed E-state index contributed by atoms with van der Waals surface area (Å²) in [5, 5.41) is 3.46. The number of benzene rings is 1. The van der Waals surface area contributed by atoms with Gasteiger partial charge in [-0.25, -0.2) is 4.79 Å². The zero-order valence-electron chi connectivity index (χ0n) is 14.5. The molecule has 138 valence electrons. The summed E-state index contributed by atoms with van der Waals surface area (Å²) in [6.07, 6.45) is 3.94. The van der Waals surface area contributed by atoms with Crippen molar-refractivity contribution in [2.45, 2.75) is 44.6 Å². The molecule has 26 heavy (non-hydrogen) atoms. The van der Waals surface area contributed by atoms with E-state index in [1.165, 1.54) is 6.92 Å². The van der Waals surface area contributed by atoms with Crippen LogP contribution in [0, 0.1) is 0 Å². The van der Waals surface area contributed by atoms with Gasteiger partial charge in [0, 0.05) is 5.56 Å². The van der Waals surface area contributed by atoms with Crippen LogP contribution < -0.4 is 15.5 Å². The third kappa shape index (κ3) is 3.54. The molecule has 1 heterocycles. The number of imide groups is 1. The molecule has 1 aliphatic heterocycles. The van der Waals surface area contributed by atoms with E-state index >= 15 is 0 Å². The lowest BCUT2D eigenvalue weighted by molar-refractivity contribution is -0.140. The fourth-order valence-electron chi connectivity index (χ4n) is 3.31. The van der Waals surface area contributed by atoms with Gasteiger partial charge in [-0.1, -0.05) is 19.3 Å². The van der Waals surface area contributed by atoms with Crippen molar-refractivity contribution in [2.24, 2.45) is 0 Å². The Morgan fingerprint density at radius 1 is 1.15 bits per heavy atom. The van der Waals surface area contributed by atoms with Crippen LogP contribution in [0.1, 0.15) is 49.4 Å². The number of rotatable bonds is 5. The average Bonchev–Trinajstić information content (AvgIpc) is 2.85. The number of carbonyl (C=O) groups excluding carboxylic acids is 4. The number of nitrogens with zero attached hydrogens (tertiary/aromatic N) is 1. The minimum absolute atomic E-state index is 0.0653. The predicted molar refractivity (Wildman–Crippen MR) is 91.3 cm³/mol. The highest BCUT2D eigenvalue weighted by molar-refractivity contribution is 6.08. The predicted octanol–water partition coefficient (Wildman–Crippen LogP) is 1.55. The summed E-state index contributed by atoms with van der Waals surface area (Å²) in [6.45, 7) is 1.10. The summed E-state index contributed by atoms with van der Waals surface area (Å²) in [5.41, 5.74) is 1.96. The summed E-state index contributed by atoms with van der Waals surface area (Å²) < 4.78 is 5.33. The number of urea groups is 1. The number of ether oxygens (including phenoxy) is 1. The number of hydrogen-bond acceptors (Lipinski definition) is 5. The van der Waals surface area contributed by atoms with Crippen LogP contribution in [-0.2, 0) is 9.59 Å². The molecule has 0 aromatic heterocycles. The van der Waals surface area contributed by atoms with Crippen LogP contribution in [0.25, 0.3) is 0 Å². The molecular weight excluding hydrogens is 338 g/mol.